The highest BCUT2D eigenvalue weighted by Gasteiger charge is 2.02. The Hall–Kier alpha value is -1.80. The van der Waals surface area contributed by atoms with Gasteiger partial charge in [-0.15, -0.1) is 24.0 Å². The zero-order valence-electron chi connectivity index (χ0n) is 16.4. The van der Waals surface area contributed by atoms with Crippen LogP contribution in [-0.2, 0) is 13.1 Å². The van der Waals surface area contributed by atoms with E-state index in [1.54, 1.807) is 7.05 Å². The van der Waals surface area contributed by atoms with E-state index in [1.807, 2.05) is 30.3 Å². The van der Waals surface area contributed by atoms with E-state index < -0.39 is 0 Å². The van der Waals surface area contributed by atoms with Crippen LogP contribution < -0.4 is 15.4 Å². The number of nitrogens with zero attached hydrogens (tertiary/aromatic N) is 2. The van der Waals surface area contributed by atoms with Crippen molar-refractivity contribution < 1.29 is 4.74 Å². The molecule has 0 saturated heterocycles. The molecule has 0 radical (unpaired) electrons. The topological polar surface area (TPSA) is 48.9 Å². The second-order valence-corrected chi connectivity index (χ2v) is 6.16. The maximum Gasteiger partial charge on any atom is 0.191 e. The lowest BCUT2D eigenvalue weighted by molar-refractivity contribution is 0.322. The number of aliphatic imine (C=N–C) groups is 1. The van der Waals surface area contributed by atoms with Crippen molar-refractivity contribution in [1.82, 2.24) is 15.5 Å². The van der Waals surface area contributed by atoms with Gasteiger partial charge in [0.2, 0.25) is 0 Å². The molecule has 2 aromatic carbocycles. The number of halogens is 1. The zero-order chi connectivity index (χ0) is 18.6. The zero-order valence-corrected chi connectivity index (χ0v) is 18.8. The first-order valence-electron chi connectivity index (χ1n) is 9.10. The molecule has 2 aromatic rings. The van der Waals surface area contributed by atoms with Gasteiger partial charge in [-0.25, -0.2) is 0 Å². The molecule has 2 rings (SSSR count). The average molecular weight is 482 g/mol. The summed E-state index contributed by atoms with van der Waals surface area (Å²) in [7, 11) is 3.91. The van der Waals surface area contributed by atoms with Gasteiger partial charge >= 0.3 is 0 Å². The van der Waals surface area contributed by atoms with E-state index in [9.17, 15) is 0 Å². The van der Waals surface area contributed by atoms with Crippen molar-refractivity contribution in [2.75, 3.05) is 33.8 Å². The molecule has 0 aliphatic carbocycles. The molecule has 5 nitrogen and oxygen atoms in total. The summed E-state index contributed by atoms with van der Waals surface area (Å²) in [6.45, 7) is 6.20. The van der Waals surface area contributed by atoms with Gasteiger partial charge in [0.05, 0.1) is 6.54 Å². The second kappa shape index (κ2) is 13.4. The monoisotopic (exact) mass is 482 g/mol. The number of rotatable bonds is 9. The molecule has 0 saturated carbocycles. The molecule has 6 heteroatoms. The Morgan fingerprint density at radius 3 is 2.48 bits per heavy atom. The third-order valence-electron chi connectivity index (χ3n) is 4.07. The largest absolute Gasteiger partial charge is 0.492 e. The van der Waals surface area contributed by atoms with Crippen LogP contribution in [0.2, 0.25) is 0 Å². The van der Waals surface area contributed by atoms with Crippen LogP contribution in [0, 0.1) is 0 Å². The Labute approximate surface area is 180 Å². The van der Waals surface area contributed by atoms with Crippen LogP contribution in [0.15, 0.2) is 59.6 Å². The van der Waals surface area contributed by atoms with Gasteiger partial charge in [0.25, 0.3) is 0 Å². The first-order chi connectivity index (χ1) is 12.7. The van der Waals surface area contributed by atoms with E-state index in [0.29, 0.717) is 13.2 Å². The predicted molar refractivity (Wildman–Crippen MR) is 124 cm³/mol. The van der Waals surface area contributed by atoms with Crippen molar-refractivity contribution in [3.63, 3.8) is 0 Å². The molecule has 0 aliphatic heterocycles. The lowest BCUT2D eigenvalue weighted by Gasteiger charge is -2.15. The van der Waals surface area contributed by atoms with Gasteiger partial charge in [-0.2, -0.15) is 0 Å². The van der Waals surface area contributed by atoms with E-state index in [2.05, 4.69) is 58.8 Å². The summed E-state index contributed by atoms with van der Waals surface area (Å²) in [6, 6.07) is 18.5. The van der Waals surface area contributed by atoms with Gasteiger partial charge in [-0.1, -0.05) is 49.4 Å². The fraction of sp³-hybridized carbons (Fsp3) is 0.381. The fourth-order valence-electron chi connectivity index (χ4n) is 2.52. The average Bonchev–Trinajstić information content (AvgIpc) is 2.68. The van der Waals surface area contributed by atoms with E-state index in [4.69, 9.17) is 4.74 Å². The molecule has 27 heavy (non-hydrogen) atoms. The molecule has 0 fully saturated rings. The third-order valence-corrected chi connectivity index (χ3v) is 4.07. The van der Waals surface area contributed by atoms with E-state index in [-0.39, 0.29) is 24.0 Å². The molecular formula is C21H31IN4O. The Kier molecular flexibility index (Phi) is 11.5. The van der Waals surface area contributed by atoms with Gasteiger partial charge < -0.3 is 20.3 Å². The van der Waals surface area contributed by atoms with E-state index >= 15 is 0 Å². The third kappa shape index (κ3) is 9.10. The van der Waals surface area contributed by atoms with Crippen molar-refractivity contribution in [2.24, 2.45) is 4.99 Å². The van der Waals surface area contributed by atoms with Gasteiger partial charge in [0, 0.05) is 20.1 Å². The highest BCUT2D eigenvalue weighted by Crippen LogP contribution is 2.08. The van der Waals surface area contributed by atoms with Crippen molar-refractivity contribution >= 4 is 29.9 Å². The van der Waals surface area contributed by atoms with Crippen molar-refractivity contribution in [3.05, 3.63) is 65.7 Å². The van der Waals surface area contributed by atoms with Gasteiger partial charge in [-0.05, 0) is 36.9 Å². The number of hydrogen-bond acceptors (Lipinski definition) is 3. The summed E-state index contributed by atoms with van der Waals surface area (Å²) < 4.78 is 5.68. The maximum atomic E-state index is 5.68. The van der Waals surface area contributed by atoms with Crippen LogP contribution in [-0.4, -0.2) is 44.7 Å². The second-order valence-electron chi connectivity index (χ2n) is 6.16. The maximum absolute atomic E-state index is 5.68. The molecule has 0 atom stereocenters. The quantitative estimate of drug-likeness (QED) is 0.249. The van der Waals surface area contributed by atoms with Crippen molar-refractivity contribution in [1.29, 1.82) is 0 Å². The molecule has 2 N–H and O–H groups in total. The van der Waals surface area contributed by atoms with E-state index in [1.165, 1.54) is 11.1 Å². The van der Waals surface area contributed by atoms with Crippen LogP contribution in [0.5, 0.6) is 5.75 Å². The summed E-state index contributed by atoms with van der Waals surface area (Å²) in [5.41, 5.74) is 2.57. The molecule has 0 amide bonds. The van der Waals surface area contributed by atoms with E-state index in [0.717, 1.165) is 31.3 Å². The Balaban J connectivity index is 0.00000364. The number of guanidine groups is 1. The number of hydrogen-bond donors (Lipinski definition) is 2. The summed E-state index contributed by atoms with van der Waals surface area (Å²) in [5.74, 6) is 1.66. The number of benzene rings is 2. The SMILES string of the molecule is CCN(C)Cc1cccc(CNC(=NC)NCCOc2ccccc2)c1.I. The smallest absolute Gasteiger partial charge is 0.191 e. The molecule has 148 valence electrons. The van der Waals surface area contributed by atoms with Crippen molar-refractivity contribution in [2.45, 2.75) is 20.0 Å². The van der Waals surface area contributed by atoms with Crippen LogP contribution in [0.1, 0.15) is 18.1 Å². The first-order valence-corrected chi connectivity index (χ1v) is 9.10. The normalized spacial score (nSPS) is 11.0. The minimum absolute atomic E-state index is 0. The van der Waals surface area contributed by atoms with Gasteiger partial charge in [0.1, 0.15) is 12.4 Å². The predicted octanol–water partition coefficient (Wildman–Crippen LogP) is 3.50. The highest BCUT2D eigenvalue weighted by molar-refractivity contribution is 14.0. The summed E-state index contributed by atoms with van der Waals surface area (Å²) in [4.78, 5) is 6.55. The summed E-state index contributed by atoms with van der Waals surface area (Å²) in [6.07, 6.45) is 0. The molecule has 0 aromatic heterocycles. The highest BCUT2D eigenvalue weighted by atomic mass is 127. The summed E-state index contributed by atoms with van der Waals surface area (Å²) >= 11 is 0. The van der Waals surface area contributed by atoms with Gasteiger partial charge in [-0.3, -0.25) is 4.99 Å². The lowest BCUT2D eigenvalue weighted by atomic mass is 10.1. The molecule has 0 unspecified atom stereocenters. The summed E-state index contributed by atoms with van der Waals surface area (Å²) in [5, 5.41) is 6.62. The van der Waals surface area contributed by atoms with Crippen LogP contribution in [0.3, 0.4) is 0 Å². The first kappa shape index (κ1) is 23.2. The minimum atomic E-state index is 0. The number of ether oxygens (including phenoxy) is 1. The number of nitrogens with one attached hydrogen (secondary N) is 2. The van der Waals surface area contributed by atoms with Crippen molar-refractivity contribution in [3.8, 4) is 5.75 Å². The Bertz CT molecular complexity index is 679. The molecule has 0 spiro atoms. The molecule has 0 heterocycles. The standard InChI is InChI=1S/C21H30N4O.HI/c1-4-25(3)17-19-10-8-9-18(15-19)16-24-21(22-2)23-13-14-26-20-11-6-5-7-12-20;/h5-12,15H,4,13-14,16-17H2,1-3H3,(H2,22,23,24);1H. The lowest BCUT2D eigenvalue weighted by Crippen LogP contribution is -2.38. The molecular weight excluding hydrogens is 451 g/mol. The minimum Gasteiger partial charge on any atom is -0.492 e. The Morgan fingerprint density at radius 2 is 1.78 bits per heavy atom. The van der Waals surface area contributed by atoms with Gasteiger partial charge in [0.15, 0.2) is 5.96 Å². The number of para-hydroxylation sites is 1. The molecule has 0 bridgehead atoms. The van der Waals surface area contributed by atoms with Crippen LogP contribution >= 0.6 is 24.0 Å². The Morgan fingerprint density at radius 1 is 1.04 bits per heavy atom. The van der Waals surface area contributed by atoms with Crippen LogP contribution in [0.4, 0.5) is 0 Å². The van der Waals surface area contributed by atoms with Crippen LogP contribution in [0.25, 0.3) is 0 Å². The fourth-order valence-corrected chi connectivity index (χ4v) is 2.52. The molecule has 0 aliphatic rings.